The Morgan fingerprint density at radius 1 is 1.37 bits per heavy atom. The average Bonchev–Trinajstić information content (AvgIpc) is 3.18. The lowest BCUT2D eigenvalue weighted by Gasteiger charge is -2.24. The van der Waals surface area contributed by atoms with Gasteiger partial charge in [-0.3, -0.25) is 0 Å². The van der Waals surface area contributed by atoms with Gasteiger partial charge in [0.15, 0.2) is 0 Å². The fourth-order valence-electron chi connectivity index (χ4n) is 2.22. The second-order valence-electron chi connectivity index (χ2n) is 5.79. The molecule has 0 spiro atoms. The van der Waals surface area contributed by atoms with Crippen molar-refractivity contribution in [3.63, 3.8) is 0 Å². The summed E-state index contributed by atoms with van der Waals surface area (Å²) in [6, 6.07) is 6.96. The van der Waals surface area contributed by atoms with Gasteiger partial charge >= 0.3 is 0 Å². The number of nitrogens with zero attached hydrogens (tertiary/aromatic N) is 1. The minimum atomic E-state index is 0.484. The quantitative estimate of drug-likeness (QED) is 0.810. The maximum atomic E-state index is 6.40. The Morgan fingerprint density at radius 3 is 2.63 bits per heavy atom. The lowest BCUT2D eigenvalue weighted by Crippen LogP contribution is -2.25. The van der Waals surface area contributed by atoms with Gasteiger partial charge in [0.2, 0.25) is 0 Å². The van der Waals surface area contributed by atoms with Crippen LogP contribution in [0, 0.1) is 5.92 Å². The van der Waals surface area contributed by atoms with Crippen molar-refractivity contribution in [1.29, 1.82) is 0 Å². The first-order valence-electron chi connectivity index (χ1n) is 7.37. The third kappa shape index (κ3) is 4.39. The molecule has 0 amide bonds. The van der Waals surface area contributed by atoms with Crippen LogP contribution in [0.5, 0.6) is 0 Å². The van der Waals surface area contributed by atoms with Gasteiger partial charge in [0.25, 0.3) is 0 Å². The summed E-state index contributed by atoms with van der Waals surface area (Å²) in [4.78, 5) is 2.43. The van der Waals surface area contributed by atoms with Crippen LogP contribution in [0.4, 0.5) is 5.69 Å². The number of hydrogen-bond acceptors (Lipinski definition) is 2. The molecule has 1 aliphatic rings. The summed E-state index contributed by atoms with van der Waals surface area (Å²) in [6.45, 7) is 9.58. The highest BCUT2D eigenvalue weighted by Crippen LogP contribution is 2.32. The molecule has 0 unspecified atom stereocenters. The molecule has 0 saturated heterocycles. The first-order chi connectivity index (χ1) is 9.10. The Hall–Kier alpha value is -0.730. The SMILES string of the molecule is CCN(CC1CC1)c1ccc(CNC(C)C)c(Cl)c1. The van der Waals surface area contributed by atoms with Crippen molar-refractivity contribution in [1.82, 2.24) is 5.32 Å². The molecule has 0 heterocycles. The molecule has 0 radical (unpaired) electrons. The second-order valence-corrected chi connectivity index (χ2v) is 6.20. The Morgan fingerprint density at radius 2 is 2.11 bits per heavy atom. The second kappa shape index (κ2) is 6.62. The van der Waals surface area contributed by atoms with Gasteiger partial charge in [-0.15, -0.1) is 0 Å². The Balaban J connectivity index is 2.03. The maximum absolute atomic E-state index is 6.40. The van der Waals surface area contributed by atoms with Crippen LogP contribution in [-0.4, -0.2) is 19.1 Å². The number of halogens is 1. The van der Waals surface area contributed by atoms with Crippen LogP contribution in [0.15, 0.2) is 18.2 Å². The average molecular weight is 281 g/mol. The van der Waals surface area contributed by atoms with Crippen LogP contribution >= 0.6 is 11.6 Å². The molecule has 1 aromatic rings. The molecule has 19 heavy (non-hydrogen) atoms. The number of rotatable bonds is 7. The minimum Gasteiger partial charge on any atom is -0.371 e. The molecule has 3 heteroatoms. The van der Waals surface area contributed by atoms with E-state index in [-0.39, 0.29) is 0 Å². The summed E-state index contributed by atoms with van der Waals surface area (Å²) in [7, 11) is 0. The fourth-order valence-corrected chi connectivity index (χ4v) is 2.46. The fraction of sp³-hybridized carbons (Fsp3) is 0.625. The van der Waals surface area contributed by atoms with E-state index in [4.69, 9.17) is 11.6 Å². The third-order valence-electron chi connectivity index (χ3n) is 3.66. The zero-order chi connectivity index (χ0) is 13.8. The Kier molecular flexibility index (Phi) is 5.12. The summed E-state index contributed by atoms with van der Waals surface area (Å²) in [5.41, 5.74) is 2.44. The number of hydrogen-bond donors (Lipinski definition) is 1. The van der Waals surface area contributed by atoms with Crippen molar-refractivity contribution >= 4 is 17.3 Å². The third-order valence-corrected chi connectivity index (χ3v) is 4.01. The van der Waals surface area contributed by atoms with E-state index >= 15 is 0 Å². The van der Waals surface area contributed by atoms with Crippen molar-refractivity contribution in [3.8, 4) is 0 Å². The van der Waals surface area contributed by atoms with Crippen molar-refractivity contribution < 1.29 is 0 Å². The Labute approximate surface area is 122 Å². The highest BCUT2D eigenvalue weighted by atomic mass is 35.5. The van der Waals surface area contributed by atoms with Gasteiger partial charge < -0.3 is 10.2 Å². The zero-order valence-corrected chi connectivity index (χ0v) is 13.0. The summed E-state index contributed by atoms with van der Waals surface area (Å²) in [5.74, 6) is 0.904. The van der Waals surface area contributed by atoms with Crippen LogP contribution in [-0.2, 0) is 6.54 Å². The monoisotopic (exact) mass is 280 g/mol. The van der Waals surface area contributed by atoms with Crippen molar-refractivity contribution in [2.75, 3.05) is 18.0 Å². The molecule has 2 nitrogen and oxygen atoms in total. The van der Waals surface area contributed by atoms with E-state index in [0.29, 0.717) is 6.04 Å². The Bertz CT molecular complexity index is 413. The summed E-state index contributed by atoms with van der Waals surface area (Å²) < 4.78 is 0. The van der Waals surface area contributed by atoms with E-state index in [1.807, 2.05) is 0 Å². The topological polar surface area (TPSA) is 15.3 Å². The van der Waals surface area contributed by atoms with E-state index in [0.717, 1.165) is 24.0 Å². The van der Waals surface area contributed by atoms with Crippen LogP contribution in [0.1, 0.15) is 39.2 Å². The summed E-state index contributed by atoms with van der Waals surface area (Å²) >= 11 is 6.40. The minimum absolute atomic E-state index is 0.484. The number of nitrogens with one attached hydrogen (secondary N) is 1. The molecule has 1 aliphatic carbocycles. The van der Waals surface area contributed by atoms with E-state index in [2.05, 4.69) is 49.2 Å². The van der Waals surface area contributed by atoms with Crippen LogP contribution in [0.2, 0.25) is 5.02 Å². The summed E-state index contributed by atoms with van der Waals surface area (Å²) in [6.07, 6.45) is 2.78. The molecular weight excluding hydrogens is 256 g/mol. The summed E-state index contributed by atoms with van der Waals surface area (Å²) in [5, 5.41) is 4.28. The lowest BCUT2D eigenvalue weighted by atomic mass is 10.1. The standard InChI is InChI=1S/C16H25ClN2/c1-4-19(11-13-5-6-13)15-8-7-14(16(17)9-15)10-18-12(2)3/h7-9,12-13,18H,4-6,10-11H2,1-3H3. The van der Waals surface area contributed by atoms with E-state index in [1.165, 1.54) is 30.6 Å². The molecule has 0 aromatic heterocycles. The molecule has 1 fully saturated rings. The molecule has 1 saturated carbocycles. The maximum Gasteiger partial charge on any atom is 0.0471 e. The van der Waals surface area contributed by atoms with Gasteiger partial charge in [0.05, 0.1) is 0 Å². The predicted octanol–water partition coefficient (Wildman–Crippen LogP) is 4.07. The number of benzene rings is 1. The van der Waals surface area contributed by atoms with Crippen molar-refractivity contribution in [2.24, 2.45) is 5.92 Å². The lowest BCUT2D eigenvalue weighted by molar-refractivity contribution is 0.589. The highest BCUT2D eigenvalue weighted by molar-refractivity contribution is 6.31. The predicted molar refractivity (Wildman–Crippen MR) is 84.0 cm³/mol. The van der Waals surface area contributed by atoms with Crippen LogP contribution in [0.25, 0.3) is 0 Å². The van der Waals surface area contributed by atoms with E-state index < -0.39 is 0 Å². The highest BCUT2D eigenvalue weighted by Gasteiger charge is 2.24. The van der Waals surface area contributed by atoms with Gasteiger partial charge in [-0.25, -0.2) is 0 Å². The molecule has 2 rings (SSSR count). The van der Waals surface area contributed by atoms with Gasteiger partial charge in [-0.1, -0.05) is 31.5 Å². The van der Waals surface area contributed by atoms with Gasteiger partial charge in [0.1, 0.15) is 0 Å². The molecule has 1 N–H and O–H groups in total. The van der Waals surface area contributed by atoms with E-state index in [9.17, 15) is 0 Å². The normalized spacial score (nSPS) is 15.0. The molecule has 1 aromatic carbocycles. The van der Waals surface area contributed by atoms with Crippen LogP contribution < -0.4 is 10.2 Å². The first kappa shape index (κ1) is 14.7. The molecule has 0 atom stereocenters. The van der Waals surface area contributed by atoms with Gasteiger partial charge in [0, 0.05) is 36.4 Å². The van der Waals surface area contributed by atoms with Crippen LogP contribution in [0.3, 0.4) is 0 Å². The van der Waals surface area contributed by atoms with Crippen molar-refractivity contribution in [3.05, 3.63) is 28.8 Å². The molecular formula is C16H25ClN2. The first-order valence-corrected chi connectivity index (χ1v) is 7.74. The largest absolute Gasteiger partial charge is 0.371 e. The van der Waals surface area contributed by atoms with Crippen molar-refractivity contribution in [2.45, 2.75) is 46.2 Å². The smallest absolute Gasteiger partial charge is 0.0471 e. The number of anilines is 1. The molecule has 0 aliphatic heterocycles. The van der Waals surface area contributed by atoms with Gasteiger partial charge in [-0.2, -0.15) is 0 Å². The van der Waals surface area contributed by atoms with Gasteiger partial charge in [-0.05, 0) is 43.4 Å². The van der Waals surface area contributed by atoms with E-state index in [1.54, 1.807) is 0 Å². The zero-order valence-electron chi connectivity index (χ0n) is 12.2. The molecule has 0 bridgehead atoms. The molecule has 106 valence electrons.